The highest BCUT2D eigenvalue weighted by Gasteiger charge is 2.84. The van der Waals surface area contributed by atoms with Crippen LogP contribution in [-0.4, -0.2) is 66.8 Å². The summed E-state index contributed by atoms with van der Waals surface area (Å²) in [6, 6.07) is 0. The van der Waals surface area contributed by atoms with Crippen molar-refractivity contribution in [1.29, 1.82) is 0 Å². The maximum absolute atomic E-state index is 12.8. The minimum atomic E-state index is -0.702. The summed E-state index contributed by atoms with van der Waals surface area (Å²) in [5.41, 5.74) is 6.16. The number of nitrogens with two attached hydrogens (primary N) is 1. The van der Waals surface area contributed by atoms with E-state index >= 15 is 0 Å². The van der Waals surface area contributed by atoms with E-state index in [2.05, 4.69) is 27.7 Å². The van der Waals surface area contributed by atoms with E-state index in [1.165, 1.54) is 44.9 Å². The lowest BCUT2D eigenvalue weighted by Crippen LogP contribution is -2.56. The number of rotatable bonds is 9. The minimum absolute atomic E-state index is 0.0517. The molecule has 1 saturated heterocycles. The van der Waals surface area contributed by atoms with Gasteiger partial charge in [-0.3, -0.25) is 4.79 Å². The molecule has 0 aromatic heterocycles. The molecule has 6 aliphatic carbocycles. The van der Waals surface area contributed by atoms with Crippen molar-refractivity contribution in [3.05, 3.63) is 0 Å². The van der Waals surface area contributed by atoms with Crippen LogP contribution in [0, 0.1) is 57.2 Å². The van der Waals surface area contributed by atoms with Crippen molar-refractivity contribution < 1.29 is 28.9 Å². The second-order valence-corrected chi connectivity index (χ2v) is 17.0. The van der Waals surface area contributed by atoms with E-state index in [9.17, 15) is 14.7 Å². The summed E-state index contributed by atoms with van der Waals surface area (Å²) in [6.45, 7) is 12.2. The van der Waals surface area contributed by atoms with Gasteiger partial charge in [0, 0.05) is 13.0 Å². The van der Waals surface area contributed by atoms with Gasteiger partial charge in [-0.2, -0.15) is 0 Å². The third-order valence-corrected chi connectivity index (χ3v) is 15.2. The Morgan fingerprint density at radius 3 is 2.55 bits per heavy atom. The number of unbranched alkanes of at least 4 members (excludes halogenated alkanes) is 1. The number of morpholine rings is 1. The number of nitrogens with zero attached hydrogens (tertiary/aromatic N) is 1. The molecule has 0 aromatic rings. The fourth-order valence-corrected chi connectivity index (χ4v) is 12.9. The molecule has 0 bridgehead atoms. The summed E-state index contributed by atoms with van der Waals surface area (Å²) in [5.74, 6) is 3.85. The molecule has 0 aromatic carbocycles. The predicted octanol–water partition coefficient (Wildman–Crippen LogP) is 5.89. The topological polar surface area (TPSA) is 111 Å². The first-order valence-electron chi connectivity index (χ1n) is 18.1. The first kappa shape index (κ1) is 31.2. The zero-order valence-electron chi connectivity index (χ0n) is 27.7. The van der Waals surface area contributed by atoms with Gasteiger partial charge in [0.25, 0.3) is 0 Å². The molecule has 8 heteroatoms. The Labute approximate surface area is 264 Å². The van der Waals surface area contributed by atoms with Gasteiger partial charge in [0.2, 0.25) is 5.91 Å². The maximum atomic E-state index is 12.8. The number of carbonyl (C=O) groups is 2. The molecular formula is C36H58N2O6. The number of primary amides is 1. The van der Waals surface area contributed by atoms with Crippen molar-refractivity contribution >= 4 is 12.0 Å². The Morgan fingerprint density at radius 2 is 1.80 bits per heavy atom. The number of fused-ring (bicyclic) bond motifs is 2. The normalized spacial score (nSPS) is 47.2. The summed E-state index contributed by atoms with van der Waals surface area (Å²) in [4.78, 5) is 25.8. The van der Waals surface area contributed by atoms with E-state index in [0.29, 0.717) is 73.1 Å². The predicted molar refractivity (Wildman–Crippen MR) is 166 cm³/mol. The summed E-state index contributed by atoms with van der Waals surface area (Å²) in [5, 5.41) is 11.4. The summed E-state index contributed by atoms with van der Waals surface area (Å²) in [7, 11) is 0. The number of hydrogen-bond acceptors (Lipinski definition) is 6. The third-order valence-electron chi connectivity index (χ3n) is 15.2. The summed E-state index contributed by atoms with van der Waals surface area (Å²) in [6.07, 6.45) is 13.0. The molecule has 8 nitrogen and oxygen atoms in total. The van der Waals surface area contributed by atoms with E-state index < -0.39 is 6.09 Å². The number of aliphatic hydroxyl groups excluding tert-OH is 1. The second-order valence-electron chi connectivity index (χ2n) is 17.0. The highest BCUT2D eigenvalue weighted by Crippen LogP contribution is 2.89. The molecule has 7 aliphatic rings. The lowest BCUT2D eigenvalue weighted by molar-refractivity contribution is -0.244. The van der Waals surface area contributed by atoms with E-state index in [0.717, 1.165) is 38.0 Å². The molecule has 2 spiro atoms. The molecule has 3 N–H and O–H groups in total. The molecule has 1 heterocycles. The zero-order valence-corrected chi connectivity index (χ0v) is 27.7. The van der Waals surface area contributed by atoms with E-state index in [1.54, 1.807) is 0 Å². The average Bonchev–Trinajstić information content (AvgIpc) is 3.87. The van der Waals surface area contributed by atoms with Crippen LogP contribution >= 0.6 is 0 Å². The SMILES string of the molecule is C[C@@H]1C23CC[C@H](OC4CN(C(=O)CC5CC5)CCO4)C(C)(C)C2CC[C@H]2C4C[C@@H](O)C(CCCCOC(N)=O)[C@@]4(C)CC[C@]123. The van der Waals surface area contributed by atoms with Crippen LogP contribution in [-0.2, 0) is 19.0 Å². The van der Waals surface area contributed by atoms with Gasteiger partial charge in [-0.25, -0.2) is 4.79 Å². The van der Waals surface area contributed by atoms with Gasteiger partial charge >= 0.3 is 6.09 Å². The molecule has 1 aliphatic heterocycles. The Hall–Kier alpha value is -1.38. The first-order chi connectivity index (χ1) is 20.9. The molecule has 248 valence electrons. The maximum Gasteiger partial charge on any atom is 0.404 e. The van der Waals surface area contributed by atoms with Crippen LogP contribution in [0.2, 0.25) is 0 Å². The monoisotopic (exact) mass is 614 g/mol. The molecule has 5 unspecified atom stereocenters. The zero-order chi connectivity index (χ0) is 31.1. The standard InChI is InChI=1S/C36H58N2O6/c1-22-35-15-14-34(4)25(7-5-6-17-43-32(37)41)27(39)20-26(34)24(35)10-11-28-33(2,3)29(12-13-36(22,28)35)44-31-21-38(16-18-42-31)30(40)19-23-8-9-23/h22-29,31,39H,5-21H2,1-4H3,(H2,37,41)/t22-,24-,25?,26?,27+,28?,29-,31?,34+,35-,36?/m0/s1. The number of ether oxygens (including phenoxy) is 3. The second kappa shape index (κ2) is 11.1. The number of carbonyl (C=O) groups excluding carboxylic acids is 2. The highest BCUT2D eigenvalue weighted by molar-refractivity contribution is 5.76. The molecule has 6 saturated carbocycles. The van der Waals surface area contributed by atoms with Crippen LogP contribution in [0.1, 0.15) is 111 Å². The van der Waals surface area contributed by atoms with E-state index in [1.807, 2.05) is 4.90 Å². The average molecular weight is 615 g/mol. The molecule has 7 fully saturated rings. The number of amides is 2. The van der Waals surface area contributed by atoms with Gasteiger partial charge < -0.3 is 30.0 Å². The van der Waals surface area contributed by atoms with Crippen molar-refractivity contribution in [3.8, 4) is 0 Å². The van der Waals surface area contributed by atoms with Crippen molar-refractivity contribution in [2.45, 2.75) is 130 Å². The Morgan fingerprint density at radius 1 is 1.00 bits per heavy atom. The minimum Gasteiger partial charge on any atom is -0.450 e. The van der Waals surface area contributed by atoms with Crippen molar-refractivity contribution in [3.63, 3.8) is 0 Å². The van der Waals surface area contributed by atoms with Gasteiger partial charge in [0.15, 0.2) is 6.29 Å². The van der Waals surface area contributed by atoms with Crippen LogP contribution in [0.3, 0.4) is 0 Å². The van der Waals surface area contributed by atoms with Gasteiger partial charge in [0.05, 0.1) is 32.0 Å². The molecule has 44 heavy (non-hydrogen) atoms. The van der Waals surface area contributed by atoms with Gasteiger partial charge in [-0.1, -0.05) is 27.7 Å². The van der Waals surface area contributed by atoms with Gasteiger partial charge in [0.1, 0.15) is 0 Å². The largest absolute Gasteiger partial charge is 0.450 e. The van der Waals surface area contributed by atoms with Crippen LogP contribution < -0.4 is 5.73 Å². The smallest absolute Gasteiger partial charge is 0.404 e. The fourth-order valence-electron chi connectivity index (χ4n) is 12.9. The van der Waals surface area contributed by atoms with Gasteiger partial charge in [-0.05, 0) is 134 Å². The Bertz CT molecular complexity index is 1130. The van der Waals surface area contributed by atoms with E-state index in [-0.39, 0.29) is 35.2 Å². The molecule has 2 amide bonds. The Balaban J connectivity index is 1.02. The highest BCUT2D eigenvalue weighted by atomic mass is 16.7. The molecule has 7 rings (SSSR count). The van der Waals surface area contributed by atoms with E-state index in [4.69, 9.17) is 19.9 Å². The Kier molecular flexibility index (Phi) is 7.89. The molecule has 0 radical (unpaired) electrons. The van der Waals surface area contributed by atoms with Crippen LogP contribution in [0.4, 0.5) is 4.79 Å². The lowest BCUT2D eigenvalue weighted by Gasteiger charge is -2.59. The summed E-state index contributed by atoms with van der Waals surface area (Å²) >= 11 is 0. The summed E-state index contributed by atoms with van der Waals surface area (Å²) < 4.78 is 17.9. The number of aliphatic hydroxyl groups is 1. The van der Waals surface area contributed by atoms with Crippen LogP contribution in [0.25, 0.3) is 0 Å². The lowest BCUT2D eigenvalue weighted by atomic mass is 9.46. The van der Waals surface area contributed by atoms with Gasteiger partial charge in [-0.15, -0.1) is 0 Å². The number of hydrogen-bond donors (Lipinski definition) is 2. The third kappa shape index (κ3) is 4.69. The van der Waals surface area contributed by atoms with Crippen molar-refractivity contribution in [2.75, 3.05) is 26.3 Å². The van der Waals surface area contributed by atoms with Crippen molar-refractivity contribution in [1.82, 2.24) is 4.90 Å². The van der Waals surface area contributed by atoms with Crippen LogP contribution in [0.15, 0.2) is 0 Å². The van der Waals surface area contributed by atoms with Crippen LogP contribution in [0.5, 0.6) is 0 Å². The first-order valence-corrected chi connectivity index (χ1v) is 18.1. The molecule has 11 atom stereocenters. The van der Waals surface area contributed by atoms with Crippen molar-refractivity contribution in [2.24, 2.45) is 62.9 Å². The fraction of sp³-hybridized carbons (Fsp3) is 0.944. The molecular weight excluding hydrogens is 556 g/mol. The quantitative estimate of drug-likeness (QED) is 0.314.